The van der Waals surface area contributed by atoms with Crippen molar-refractivity contribution in [2.75, 3.05) is 22.9 Å². The van der Waals surface area contributed by atoms with Gasteiger partial charge in [0.2, 0.25) is 0 Å². The molecule has 0 fully saturated rings. The summed E-state index contributed by atoms with van der Waals surface area (Å²) >= 11 is 2.78. The molecule has 0 saturated heterocycles. The van der Waals surface area contributed by atoms with Crippen LogP contribution in [0.5, 0.6) is 0 Å². The van der Waals surface area contributed by atoms with Crippen LogP contribution in [0, 0.1) is 5.41 Å². The minimum absolute atomic E-state index is 0.252. The summed E-state index contributed by atoms with van der Waals surface area (Å²) in [6.07, 6.45) is 3.88. The monoisotopic (exact) mass is 690 g/mol. The highest BCUT2D eigenvalue weighted by Gasteiger charge is 2.44. The van der Waals surface area contributed by atoms with Gasteiger partial charge in [-0.15, -0.1) is 0 Å². The molecule has 0 bridgehead atoms. The molecule has 0 aliphatic rings. The zero-order valence-corrected chi connectivity index (χ0v) is 30.5. The molecule has 3 unspecified atom stereocenters. The van der Waals surface area contributed by atoms with Gasteiger partial charge in [-0.2, -0.15) is 0 Å². The second-order valence-corrected chi connectivity index (χ2v) is 23.8. The lowest BCUT2D eigenvalue weighted by molar-refractivity contribution is 0.503. The molecule has 212 valence electrons. The molecule has 0 aromatic heterocycles. The zero-order chi connectivity index (χ0) is 28.9. The third-order valence-electron chi connectivity index (χ3n) is 7.40. The summed E-state index contributed by atoms with van der Waals surface area (Å²) in [6, 6.07) is 34.5. The van der Waals surface area contributed by atoms with Crippen LogP contribution < -0.4 is 15.9 Å². The summed E-state index contributed by atoms with van der Waals surface area (Å²) < 4.78 is 1.20. The zero-order valence-electron chi connectivity index (χ0n) is 25.7. The molecule has 0 saturated carbocycles. The van der Waals surface area contributed by atoms with Crippen LogP contribution in [-0.4, -0.2) is 38.4 Å². The van der Waals surface area contributed by atoms with Gasteiger partial charge in [0.15, 0.2) is 0 Å². The predicted molar refractivity (Wildman–Crippen MR) is 194 cm³/mol. The van der Waals surface area contributed by atoms with Crippen molar-refractivity contribution < 1.29 is 0 Å². The maximum atomic E-state index is 2.78. The van der Waals surface area contributed by atoms with Crippen molar-refractivity contribution in [2.45, 2.75) is 77.8 Å². The van der Waals surface area contributed by atoms with E-state index in [0.717, 1.165) is 0 Å². The third-order valence-corrected chi connectivity index (χ3v) is 19.6. The Morgan fingerprint density at radius 1 is 0.436 bits per heavy atom. The summed E-state index contributed by atoms with van der Waals surface area (Å²) in [5.41, 5.74) is 0.263. The first-order valence-corrected chi connectivity index (χ1v) is 20.3. The van der Waals surface area contributed by atoms with Crippen LogP contribution in [0.2, 0.25) is 0 Å². The SMILES string of the molecule is CC(C)(C)P(CC(CI)(CP(c1ccccc1)C(C)(C)C)CP(c1ccccc1)C(C)(C)C)c1ccccc1. The Kier molecular flexibility index (Phi) is 11.7. The number of benzene rings is 3. The van der Waals surface area contributed by atoms with Crippen molar-refractivity contribution in [1.82, 2.24) is 0 Å². The van der Waals surface area contributed by atoms with Gasteiger partial charge in [0.25, 0.3) is 0 Å². The average molecular weight is 691 g/mol. The Morgan fingerprint density at radius 2 is 0.667 bits per heavy atom. The van der Waals surface area contributed by atoms with E-state index in [2.05, 4.69) is 176 Å². The lowest BCUT2D eigenvalue weighted by atomic mass is 9.99. The van der Waals surface area contributed by atoms with Gasteiger partial charge in [0.1, 0.15) is 0 Å². The highest BCUT2D eigenvalue weighted by atomic mass is 127. The summed E-state index contributed by atoms with van der Waals surface area (Å²) in [5.74, 6) is 0. The molecule has 0 aliphatic carbocycles. The summed E-state index contributed by atoms with van der Waals surface area (Å²) in [7, 11) is -1.04. The number of hydrogen-bond acceptors (Lipinski definition) is 0. The molecule has 3 atom stereocenters. The molecule has 0 aliphatic heterocycles. The van der Waals surface area contributed by atoms with Gasteiger partial charge in [0.05, 0.1) is 0 Å². The van der Waals surface area contributed by atoms with E-state index >= 15 is 0 Å². The number of alkyl halides is 1. The van der Waals surface area contributed by atoms with Gasteiger partial charge in [-0.1, -0.05) is 200 Å². The Hall–Kier alpha value is -0.320. The summed E-state index contributed by atoms with van der Waals surface area (Å²) in [6.45, 7) is 22.3. The summed E-state index contributed by atoms with van der Waals surface area (Å²) in [4.78, 5) is 0. The second-order valence-electron chi connectivity index (χ2n) is 13.9. The van der Waals surface area contributed by atoms with Crippen LogP contribution >= 0.6 is 46.4 Å². The van der Waals surface area contributed by atoms with Gasteiger partial charge in [0, 0.05) is 4.43 Å². The van der Waals surface area contributed by atoms with Crippen molar-refractivity contribution in [1.29, 1.82) is 0 Å². The van der Waals surface area contributed by atoms with E-state index in [9.17, 15) is 0 Å². The van der Waals surface area contributed by atoms with Crippen LogP contribution in [-0.2, 0) is 0 Å². The quantitative estimate of drug-likeness (QED) is 0.113. The molecule has 0 radical (unpaired) electrons. The van der Waals surface area contributed by atoms with Gasteiger partial charge >= 0.3 is 0 Å². The highest BCUT2D eigenvalue weighted by molar-refractivity contribution is 14.1. The second kappa shape index (κ2) is 13.8. The first-order valence-electron chi connectivity index (χ1n) is 14.2. The smallest absolute Gasteiger partial charge is 0.00624 e. The van der Waals surface area contributed by atoms with Crippen molar-refractivity contribution in [3.63, 3.8) is 0 Å². The Balaban J connectivity index is 2.19. The molecule has 0 nitrogen and oxygen atoms in total. The number of rotatable bonds is 10. The molecule has 0 heterocycles. The Bertz CT molecular complexity index is 982. The normalized spacial score (nSPS) is 16.8. The van der Waals surface area contributed by atoms with E-state index in [1.165, 1.54) is 22.9 Å². The Labute approximate surface area is 258 Å². The van der Waals surface area contributed by atoms with E-state index in [1.54, 1.807) is 15.9 Å². The fraction of sp³-hybridized carbons (Fsp3) is 0.486. The van der Waals surface area contributed by atoms with E-state index in [1.807, 2.05) is 0 Å². The third kappa shape index (κ3) is 9.34. The van der Waals surface area contributed by atoms with Gasteiger partial charge < -0.3 is 0 Å². The van der Waals surface area contributed by atoms with Crippen molar-refractivity contribution in [2.24, 2.45) is 5.41 Å². The lowest BCUT2D eigenvalue weighted by Gasteiger charge is -2.48. The molecule has 4 heteroatoms. The largest absolute Gasteiger partial charge is 0.0857 e. The minimum Gasteiger partial charge on any atom is -0.0857 e. The molecule has 0 spiro atoms. The van der Waals surface area contributed by atoms with E-state index in [-0.39, 0.29) is 44.6 Å². The molecule has 3 aromatic carbocycles. The first-order chi connectivity index (χ1) is 18.2. The summed E-state index contributed by atoms with van der Waals surface area (Å²) in [5, 5.41) is 5.45. The molecular formula is C35H50IP3. The molecule has 0 N–H and O–H groups in total. The fourth-order valence-electron chi connectivity index (χ4n) is 5.25. The minimum atomic E-state index is -0.345. The van der Waals surface area contributed by atoms with Gasteiger partial charge in [-0.05, 0) is 55.3 Å². The maximum Gasteiger partial charge on any atom is 0.00624 e. The van der Waals surface area contributed by atoms with E-state index in [0.29, 0.717) is 0 Å². The highest BCUT2D eigenvalue weighted by Crippen LogP contribution is 2.62. The molecular weight excluding hydrogens is 640 g/mol. The van der Waals surface area contributed by atoms with Crippen molar-refractivity contribution in [3.05, 3.63) is 91.0 Å². The van der Waals surface area contributed by atoms with Crippen LogP contribution in [0.25, 0.3) is 0 Å². The fourth-order valence-corrected chi connectivity index (χ4v) is 16.8. The van der Waals surface area contributed by atoms with Gasteiger partial charge in [-0.3, -0.25) is 0 Å². The number of halogens is 1. The van der Waals surface area contributed by atoms with Gasteiger partial charge in [-0.25, -0.2) is 0 Å². The molecule has 3 aromatic rings. The first kappa shape index (κ1) is 33.2. The lowest BCUT2D eigenvalue weighted by Crippen LogP contribution is -2.42. The topological polar surface area (TPSA) is 0 Å². The van der Waals surface area contributed by atoms with Crippen molar-refractivity contribution >= 4 is 62.3 Å². The van der Waals surface area contributed by atoms with Crippen LogP contribution in [0.4, 0.5) is 0 Å². The van der Waals surface area contributed by atoms with Crippen LogP contribution in [0.15, 0.2) is 91.0 Å². The average Bonchev–Trinajstić information content (AvgIpc) is 2.88. The van der Waals surface area contributed by atoms with Crippen molar-refractivity contribution in [3.8, 4) is 0 Å². The predicted octanol–water partition coefficient (Wildman–Crippen LogP) is 10.2. The maximum absolute atomic E-state index is 2.78. The van der Waals surface area contributed by atoms with E-state index in [4.69, 9.17) is 0 Å². The van der Waals surface area contributed by atoms with E-state index < -0.39 is 0 Å². The Morgan fingerprint density at radius 3 is 0.846 bits per heavy atom. The van der Waals surface area contributed by atoms with Crippen LogP contribution in [0.1, 0.15) is 62.3 Å². The molecule has 0 amide bonds. The standard InChI is InChI=1S/C35H50IP3/c1-32(2,3)37(29-19-13-10-14-20-29)26-35(25-36,27-38(33(4,5)6)30-21-15-11-16-22-30)28-39(34(7,8)9)31-23-17-12-18-24-31/h10-24H,25-28H2,1-9H3. The molecule has 39 heavy (non-hydrogen) atoms. The number of hydrogen-bond donors (Lipinski definition) is 0. The van der Waals surface area contributed by atoms with Crippen LogP contribution in [0.3, 0.4) is 0 Å². The molecule has 3 rings (SSSR count).